The van der Waals surface area contributed by atoms with Gasteiger partial charge < -0.3 is 29.0 Å². The zero-order valence-electron chi connectivity index (χ0n) is 16.9. The predicted molar refractivity (Wildman–Crippen MR) is 108 cm³/mol. The first-order valence-corrected chi connectivity index (χ1v) is 8.53. The van der Waals surface area contributed by atoms with Gasteiger partial charge in [0.2, 0.25) is 11.7 Å². The highest BCUT2D eigenvalue weighted by Crippen LogP contribution is 2.45. The van der Waals surface area contributed by atoms with E-state index >= 15 is 0 Å². The lowest BCUT2D eigenvalue weighted by molar-refractivity contribution is -0.111. The molecule has 2 rings (SSSR count). The van der Waals surface area contributed by atoms with Crippen LogP contribution in [0.1, 0.15) is 15.9 Å². The quantitative estimate of drug-likeness (QED) is 0.536. The number of hydrogen-bond donors (Lipinski definition) is 1. The molecule has 1 N–H and O–H groups in total. The van der Waals surface area contributed by atoms with Crippen molar-refractivity contribution in [2.75, 3.05) is 40.9 Å². The molecule has 1 amide bonds. The third-order valence-electron chi connectivity index (χ3n) is 4.03. The Hall–Kier alpha value is -3.68. The van der Waals surface area contributed by atoms with Crippen molar-refractivity contribution in [3.05, 3.63) is 47.5 Å². The molecule has 0 fully saturated rings. The van der Waals surface area contributed by atoms with Crippen LogP contribution in [0.4, 0.5) is 5.69 Å². The van der Waals surface area contributed by atoms with Gasteiger partial charge in [-0.1, -0.05) is 12.1 Å². The fraction of sp³-hybridized carbons (Fsp3) is 0.238. The molecule has 0 aliphatic carbocycles. The maximum Gasteiger partial charge on any atom is 0.340 e. The fourth-order valence-electron chi connectivity index (χ4n) is 2.60. The number of benzene rings is 2. The monoisotopic (exact) mass is 401 g/mol. The summed E-state index contributed by atoms with van der Waals surface area (Å²) in [5.74, 6) is 0.201. The summed E-state index contributed by atoms with van der Waals surface area (Å²) in [4.78, 5) is 24.7. The molecule has 29 heavy (non-hydrogen) atoms. The normalized spacial score (nSPS) is 10.4. The second-order valence-corrected chi connectivity index (χ2v) is 5.66. The SMILES string of the molecule is COC(=O)c1cc(OC)c(OC)c(OC)c1NC(=O)C=Cc1ccc(OC)cc1. The van der Waals surface area contributed by atoms with Crippen molar-refractivity contribution >= 4 is 23.6 Å². The van der Waals surface area contributed by atoms with Gasteiger partial charge in [-0.15, -0.1) is 0 Å². The summed E-state index contributed by atoms with van der Waals surface area (Å²) in [7, 11) is 7.05. The highest BCUT2D eigenvalue weighted by Gasteiger charge is 2.25. The van der Waals surface area contributed by atoms with E-state index in [0.29, 0.717) is 5.75 Å². The van der Waals surface area contributed by atoms with Crippen molar-refractivity contribution in [2.24, 2.45) is 0 Å². The Morgan fingerprint density at radius 3 is 2.03 bits per heavy atom. The molecule has 154 valence electrons. The number of esters is 1. The lowest BCUT2D eigenvalue weighted by Crippen LogP contribution is -2.15. The number of carbonyl (C=O) groups is 2. The van der Waals surface area contributed by atoms with Gasteiger partial charge in [-0.3, -0.25) is 4.79 Å². The third kappa shape index (κ3) is 4.98. The van der Waals surface area contributed by atoms with Crippen molar-refractivity contribution < 1.29 is 33.3 Å². The number of rotatable bonds is 8. The van der Waals surface area contributed by atoms with Crippen molar-refractivity contribution in [1.29, 1.82) is 0 Å². The molecule has 0 aliphatic heterocycles. The van der Waals surface area contributed by atoms with Gasteiger partial charge in [0.25, 0.3) is 0 Å². The van der Waals surface area contributed by atoms with Crippen LogP contribution in [-0.2, 0) is 9.53 Å². The Kier molecular flexibility index (Phi) is 7.47. The van der Waals surface area contributed by atoms with Crippen molar-refractivity contribution in [3.8, 4) is 23.0 Å². The lowest BCUT2D eigenvalue weighted by Gasteiger charge is -2.18. The zero-order chi connectivity index (χ0) is 21.4. The molecule has 0 saturated heterocycles. The molecule has 0 atom stereocenters. The molecular formula is C21H23NO7. The topological polar surface area (TPSA) is 92.3 Å². The number of hydrogen-bond acceptors (Lipinski definition) is 7. The minimum Gasteiger partial charge on any atom is -0.497 e. The van der Waals surface area contributed by atoms with Crippen LogP contribution in [0.3, 0.4) is 0 Å². The van der Waals surface area contributed by atoms with Gasteiger partial charge >= 0.3 is 5.97 Å². The second-order valence-electron chi connectivity index (χ2n) is 5.66. The lowest BCUT2D eigenvalue weighted by atomic mass is 10.1. The second kappa shape index (κ2) is 10.0. The molecule has 0 bridgehead atoms. The number of nitrogens with one attached hydrogen (secondary N) is 1. The van der Waals surface area contributed by atoms with E-state index < -0.39 is 11.9 Å². The summed E-state index contributed by atoms with van der Waals surface area (Å²) in [5.41, 5.74) is 0.975. The van der Waals surface area contributed by atoms with Crippen molar-refractivity contribution in [1.82, 2.24) is 0 Å². The van der Waals surface area contributed by atoms with Gasteiger partial charge in [0, 0.05) is 12.1 Å². The molecular weight excluding hydrogens is 378 g/mol. The molecule has 0 heterocycles. The van der Waals surface area contributed by atoms with Gasteiger partial charge in [-0.25, -0.2) is 4.79 Å². The van der Waals surface area contributed by atoms with Crippen LogP contribution < -0.4 is 24.3 Å². The molecule has 0 aliphatic rings. The molecule has 8 heteroatoms. The molecule has 0 spiro atoms. The van der Waals surface area contributed by atoms with Crippen molar-refractivity contribution in [3.63, 3.8) is 0 Å². The molecule has 0 unspecified atom stereocenters. The van der Waals surface area contributed by atoms with Crippen LogP contribution in [0.2, 0.25) is 0 Å². The number of amides is 1. The van der Waals surface area contributed by atoms with E-state index in [9.17, 15) is 9.59 Å². The summed E-state index contributed by atoms with van der Waals surface area (Å²) in [6.07, 6.45) is 2.96. The summed E-state index contributed by atoms with van der Waals surface area (Å²) < 4.78 is 25.8. The average Bonchev–Trinajstić information content (AvgIpc) is 2.76. The number of methoxy groups -OCH3 is 5. The first-order chi connectivity index (χ1) is 14.0. The van der Waals surface area contributed by atoms with Crippen LogP contribution in [0, 0.1) is 0 Å². The minimum atomic E-state index is -0.668. The highest BCUT2D eigenvalue weighted by molar-refractivity contribution is 6.08. The summed E-state index contributed by atoms with van der Waals surface area (Å²) in [5, 5.41) is 2.65. The van der Waals surface area contributed by atoms with E-state index in [2.05, 4.69) is 5.32 Å². The first kappa shape index (κ1) is 21.6. The van der Waals surface area contributed by atoms with Crippen LogP contribution in [0.15, 0.2) is 36.4 Å². The van der Waals surface area contributed by atoms with Gasteiger partial charge in [-0.2, -0.15) is 0 Å². The largest absolute Gasteiger partial charge is 0.497 e. The van der Waals surface area contributed by atoms with E-state index in [1.807, 2.05) is 0 Å². The maximum absolute atomic E-state index is 12.5. The molecule has 0 aromatic heterocycles. The Labute approximate surface area is 169 Å². The van der Waals surface area contributed by atoms with Gasteiger partial charge in [0.15, 0.2) is 11.5 Å². The van der Waals surface area contributed by atoms with E-state index in [4.69, 9.17) is 23.7 Å². The Bertz CT molecular complexity index is 904. The molecule has 0 radical (unpaired) electrons. The number of anilines is 1. The fourth-order valence-corrected chi connectivity index (χ4v) is 2.60. The average molecular weight is 401 g/mol. The van der Waals surface area contributed by atoms with Crippen molar-refractivity contribution in [2.45, 2.75) is 0 Å². The van der Waals surface area contributed by atoms with E-state index in [1.54, 1.807) is 37.5 Å². The smallest absolute Gasteiger partial charge is 0.340 e. The molecule has 2 aromatic rings. The first-order valence-electron chi connectivity index (χ1n) is 8.53. The van der Waals surface area contributed by atoms with Crippen LogP contribution in [-0.4, -0.2) is 47.4 Å². The van der Waals surface area contributed by atoms with Gasteiger partial charge in [0.1, 0.15) is 11.4 Å². The Balaban J connectivity index is 2.39. The zero-order valence-corrected chi connectivity index (χ0v) is 16.9. The minimum absolute atomic E-state index is 0.0631. The Morgan fingerprint density at radius 2 is 1.52 bits per heavy atom. The van der Waals surface area contributed by atoms with E-state index in [1.165, 1.54) is 40.6 Å². The van der Waals surface area contributed by atoms with E-state index in [-0.39, 0.29) is 28.5 Å². The molecule has 0 saturated carbocycles. The molecule has 2 aromatic carbocycles. The number of ether oxygens (including phenoxy) is 5. The maximum atomic E-state index is 12.5. The van der Waals surface area contributed by atoms with Crippen LogP contribution in [0.5, 0.6) is 23.0 Å². The van der Waals surface area contributed by atoms with E-state index in [0.717, 1.165) is 5.56 Å². The number of carbonyl (C=O) groups excluding carboxylic acids is 2. The summed E-state index contributed by atoms with van der Waals surface area (Å²) in [6.45, 7) is 0. The van der Waals surface area contributed by atoms with Gasteiger partial charge in [0.05, 0.1) is 41.1 Å². The molecule has 8 nitrogen and oxygen atoms in total. The standard InChI is InChI=1S/C21H23NO7/c1-25-14-9-6-13(7-10-14)8-11-17(23)22-18-15(21(24)29-5)12-16(26-2)19(27-3)20(18)28-4/h6-12H,1-5H3,(H,22,23). The summed E-state index contributed by atoms with van der Waals surface area (Å²) in [6, 6.07) is 8.59. The third-order valence-corrected chi connectivity index (χ3v) is 4.03. The van der Waals surface area contributed by atoms with Gasteiger partial charge in [-0.05, 0) is 23.8 Å². The highest BCUT2D eigenvalue weighted by atomic mass is 16.5. The summed E-state index contributed by atoms with van der Waals surface area (Å²) >= 11 is 0. The van der Waals surface area contributed by atoms with Crippen LogP contribution in [0.25, 0.3) is 6.08 Å². The predicted octanol–water partition coefficient (Wildman–Crippen LogP) is 3.16. The Morgan fingerprint density at radius 1 is 0.862 bits per heavy atom. The van der Waals surface area contributed by atoms with Crippen LogP contribution >= 0.6 is 0 Å².